The van der Waals surface area contributed by atoms with Crippen LogP contribution in [0.4, 0.5) is 17.1 Å². The number of nitriles is 6. The van der Waals surface area contributed by atoms with E-state index >= 15 is 0 Å². The Kier molecular flexibility index (Phi) is 142. The van der Waals surface area contributed by atoms with E-state index in [0.717, 1.165) is 5.97 Å². The number of nitrogens with zero attached hydrogens (tertiary/aromatic N) is 6. The van der Waals surface area contributed by atoms with Crippen LogP contribution in [0.25, 0.3) is 0 Å². The summed E-state index contributed by atoms with van der Waals surface area (Å²) >= 11 is 0. The van der Waals surface area contributed by atoms with Gasteiger partial charge in [-0.3, -0.25) is 5.26 Å². The summed E-state index contributed by atoms with van der Waals surface area (Å²) in [6.45, 7) is 11.0. The van der Waals surface area contributed by atoms with Gasteiger partial charge < -0.3 is 17.1 Å². The molecule has 6 nitrogen and oxygen atoms in total. The van der Waals surface area contributed by atoms with Gasteiger partial charge in [0, 0.05) is 13.2 Å². The molecule has 4 radical (unpaired) electrons. The minimum atomic E-state index is -2.11. The van der Waals surface area contributed by atoms with Gasteiger partial charge in [-0.1, -0.05) is 41.9 Å². The van der Waals surface area contributed by atoms with Crippen LogP contribution in [0.2, 0.25) is 39.3 Å². The molecule has 0 aromatic carbocycles. The summed E-state index contributed by atoms with van der Waals surface area (Å²) in [6, 6.07) is 4.94. The second kappa shape index (κ2) is 63.2. The number of hydrogen-bond acceptors (Lipinski definition) is 6. The van der Waals surface area contributed by atoms with E-state index in [1.54, 1.807) is 19.6 Å². The van der Waals surface area contributed by atoms with E-state index in [0.29, 0.717) is 0 Å². The van der Waals surface area contributed by atoms with Crippen LogP contribution < -0.4 is 103 Å². The van der Waals surface area contributed by atoms with Gasteiger partial charge in [0.15, 0.2) is 32.4 Å². The molecule has 0 spiro atoms. The smallest absolute Gasteiger partial charge is 0.579 e. The van der Waals surface area contributed by atoms with Gasteiger partial charge in [0.25, 0.3) is 0 Å². The number of halogens is 4. The van der Waals surface area contributed by atoms with Gasteiger partial charge in [0.2, 0.25) is 8.41 Å². The quantitative estimate of drug-likeness (QED) is 0.241. The third-order valence-electron chi connectivity index (χ3n) is 0.484. The minimum Gasteiger partial charge on any atom is -0.579 e. The van der Waals surface area contributed by atoms with Crippen LogP contribution in [0.3, 0.4) is 0 Å². The molecule has 0 bridgehead atoms. The Balaban J connectivity index is -0.0000000169. The van der Waals surface area contributed by atoms with Crippen molar-refractivity contribution in [2.75, 3.05) is 0 Å². The zero-order valence-electron chi connectivity index (χ0n) is 17.3. The maximum Gasteiger partial charge on any atom is 1.00 e. The molecule has 0 amide bonds. The first-order chi connectivity index (χ1) is 11.7. The summed E-state index contributed by atoms with van der Waals surface area (Å²) < 4.78 is 41.1. The molecule has 0 aliphatic rings. The van der Waals surface area contributed by atoms with Gasteiger partial charge in [-0.05, 0) is 19.6 Å². The maximum atomic E-state index is 11.8. The Morgan fingerprint density at radius 2 is 0.710 bits per heavy atom. The normalized spacial score (nSPS) is 5.81. The van der Waals surface area contributed by atoms with Crippen LogP contribution in [-0.2, 0) is 0 Å². The number of rotatable bonds is 0. The van der Waals surface area contributed by atoms with Crippen LogP contribution in [0.1, 0.15) is 22.3 Å². The molecule has 0 atom stereocenters. The van der Waals surface area contributed by atoms with Crippen molar-refractivity contribution in [1.82, 2.24) is 0 Å². The molecule has 16 heteroatoms. The molecule has 0 fully saturated rings. The molecule has 0 N–H and O–H groups in total. The van der Waals surface area contributed by atoms with E-state index < -0.39 is 24.3 Å². The van der Waals surface area contributed by atoms with Crippen molar-refractivity contribution < 1.29 is 120 Å². The fourth-order valence-corrected chi connectivity index (χ4v) is 0. The van der Waals surface area contributed by atoms with Crippen LogP contribution in [-0.4, -0.2) is 31.9 Å². The Morgan fingerprint density at radius 3 is 0.710 bits per heavy atom. The summed E-state index contributed by atoms with van der Waals surface area (Å²) in [6.07, 6.45) is 0. The molecule has 0 aliphatic heterocycles. The molecule has 0 aromatic rings. The van der Waals surface area contributed by atoms with Crippen LogP contribution >= 0.6 is 0 Å². The first kappa shape index (κ1) is 69.7. The van der Waals surface area contributed by atoms with Gasteiger partial charge in [-0.25, -0.2) is 5.26 Å². The van der Waals surface area contributed by atoms with Gasteiger partial charge in [-0.15, -0.1) is 0 Å². The van der Waals surface area contributed by atoms with E-state index in [1.165, 1.54) is 24.3 Å². The molecular weight excluding hydrogens is 496 g/mol. The molecule has 0 unspecified atom stereocenters. The monoisotopic (exact) mass is 526 g/mol. The molecule has 0 saturated heterocycles. The summed E-state index contributed by atoms with van der Waals surface area (Å²) in [5, 5.41) is 44.5. The third kappa shape index (κ3) is 587. The van der Waals surface area contributed by atoms with Crippen LogP contribution in [0.5, 0.6) is 0 Å². The summed E-state index contributed by atoms with van der Waals surface area (Å²) in [4.78, 5) is 0. The fraction of sp³-hybridized carbons (Fsp3) is 0.600. The predicted octanol–water partition coefficient (Wildman–Crippen LogP) is -0.323. The van der Waals surface area contributed by atoms with Crippen molar-refractivity contribution in [3.63, 3.8) is 0 Å². The van der Waals surface area contributed by atoms with Crippen molar-refractivity contribution in [1.29, 1.82) is 31.6 Å². The van der Waals surface area contributed by atoms with Gasteiger partial charge in [-0.2, -0.15) is 27.0 Å². The predicted molar refractivity (Wildman–Crippen MR) is 117 cm³/mol. The first-order valence-corrected chi connectivity index (χ1v) is 13.1. The molecule has 0 heterocycles. The van der Waals surface area contributed by atoms with Crippen molar-refractivity contribution in [3.8, 4) is 35.9 Å². The van der Waals surface area contributed by atoms with Gasteiger partial charge >= 0.3 is 103 Å². The van der Waals surface area contributed by atoms with Gasteiger partial charge in [0.05, 0.1) is 0 Å². The van der Waals surface area contributed by atoms with Crippen molar-refractivity contribution in [2.24, 2.45) is 0 Å². The average Bonchev–Trinajstić information content (AvgIpc) is 2.54. The van der Waals surface area contributed by atoms with Crippen molar-refractivity contribution in [3.05, 3.63) is 0 Å². The van der Waals surface area contributed by atoms with E-state index in [1.807, 2.05) is 19.6 Å². The van der Waals surface area contributed by atoms with Gasteiger partial charge in [0.1, 0.15) is 7.83 Å². The maximum absolute atomic E-state index is 11.8. The minimum absolute atomic E-state index is 0. The Labute approximate surface area is 276 Å². The average molecular weight is 526 g/mol. The van der Waals surface area contributed by atoms with Crippen molar-refractivity contribution >= 4 is 31.9 Å². The van der Waals surface area contributed by atoms with E-state index in [4.69, 9.17) is 31.6 Å². The second-order valence-corrected chi connectivity index (χ2v) is 14.1. The Bertz CT molecular complexity index is 500. The largest absolute Gasteiger partial charge is 1.00 e. The summed E-state index contributed by atoms with van der Waals surface area (Å²) in [7, 11) is -4.51. The van der Waals surface area contributed by atoms with Crippen LogP contribution in [0.15, 0.2) is 0 Å². The zero-order valence-corrected chi connectivity index (χ0v) is 25.6. The van der Waals surface area contributed by atoms with Crippen molar-refractivity contribution in [2.45, 2.75) is 61.6 Å². The first-order valence-electron chi connectivity index (χ1n) is 6.22. The molecule has 0 saturated carbocycles. The zero-order chi connectivity index (χ0) is 22.7. The van der Waals surface area contributed by atoms with E-state index in [2.05, 4.69) is 5.69 Å². The molecule has 0 aliphatic carbocycles. The molecule has 31 heavy (non-hydrogen) atoms. The van der Waals surface area contributed by atoms with Crippen LogP contribution in [0, 0.1) is 67.5 Å². The summed E-state index contributed by atoms with van der Waals surface area (Å²) in [5.74, 6) is 1.14. The second-order valence-electron chi connectivity index (χ2n) is 5.20. The van der Waals surface area contributed by atoms with E-state index in [-0.39, 0.29) is 133 Å². The van der Waals surface area contributed by atoms with E-state index in [9.17, 15) is 17.1 Å². The SMILES string of the molecule is C.C.C.C[Si](C)(C)C#N.C[Si](C)(C)F.F[B-]F.N#CC#N.N#CC#N.N#C[B-]F.[K+].[K+]. The molecule has 164 valence electrons. The topological polar surface area (TPSA) is 143 Å². The standard InChI is InChI=1S/C4H9NSi.C3H9FSi.2C2N2.CBFN.3CH4.BF2.2K/c1-6(2,3)4-5;1-5(2,3)4;2*3-1-2-4;3-2-1-4;;;;2-1-3;;/h1-3H3;1-3H3;;;;3*1H4;;;/q;;;;-1;;;;-1;2*+1. The molecule has 0 aromatic heterocycles. The number of hydrogen-bond donors (Lipinski definition) is 0. The molecule has 0 rings (SSSR count). The fourth-order valence-electron chi connectivity index (χ4n) is 0. The molecular formula is C15H30B2F4K2N6Si2. The Morgan fingerprint density at radius 1 is 0.613 bits per heavy atom. The third-order valence-corrected chi connectivity index (χ3v) is 1.16. The summed E-state index contributed by atoms with van der Waals surface area (Å²) in [5.41, 5.74) is 2.24. The Hall–Kier alpha value is 0.496.